The quantitative estimate of drug-likeness (QED) is 0.747. The third-order valence-electron chi connectivity index (χ3n) is 3.66. The molecule has 0 amide bonds. The summed E-state index contributed by atoms with van der Waals surface area (Å²) in [5.41, 5.74) is 4.51. The minimum Gasteiger partial charge on any atom is -0.507 e. The SMILES string of the molecule is COc1cccc(-c2cc[c]c(-c3cccc(C)c3)c2O)c1. The van der Waals surface area contributed by atoms with Crippen LogP contribution in [0.5, 0.6) is 11.5 Å². The molecule has 2 nitrogen and oxygen atoms in total. The summed E-state index contributed by atoms with van der Waals surface area (Å²) in [4.78, 5) is 0. The van der Waals surface area contributed by atoms with Crippen LogP contribution < -0.4 is 4.74 Å². The Hall–Kier alpha value is -2.74. The fourth-order valence-electron chi connectivity index (χ4n) is 2.53. The van der Waals surface area contributed by atoms with Gasteiger partial charge in [-0.15, -0.1) is 0 Å². The average molecular weight is 289 g/mol. The van der Waals surface area contributed by atoms with Crippen LogP contribution >= 0.6 is 0 Å². The Labute approximate surface area is 130 Å². The van der Waals surface area contributed by atoms with Crippen LogP contribution in [0.3, 0.4) is 0 Å². The fourth-order valence-corrected chi connectivity index (χ4v) is 2.53. The lowest BCUT2D eigenvalue weighted by Gasteiger charge is -2.11. The van der Waals surface area contributed by atoms with Gasteiger partial charge in [0, 0.05) is 11.1 Å². The summed E-state index contributed by atoms with van der Waals surface area (Å²) < 4.78 is 5.26. The second-order valence-electron chi connectivity index (χ2n) is 5.22. The van der Waals surface area contributed by atoms with E-state index in [0.717, 1.165) is 28.0 Å². The Morgan fingerprint density at radius 2 is 1.73 bits per heavy atom. The zero-order valence-corrected chi connectivity index (χ0v) is 12.6. The third kappa shape index (κ3) is 2.68. The van der Waals surface area contributed by atoms with E-state index in [1.807, 2.05) is 67.6 Å². The molecule has 22 heavy (non-hydrogen) atoms. The molecule has 3 rings (SSSR count). The molecule has 109 valence electrons. The van der Waals surface area contributed by atoms with E-state index in [9.17, 15) is 5.11 Å². The number of hydrogen-bond acceptors (Lipinski definition) is 2. The lowest BCUT2D eigenvalue weighted by atomic mass is 9.96. The van der Waals surface area contributed by atoms with Crippen LogP contribution in [-0.4, -0.2) is 12.2 Å². The van der Waals surface area contributed by atoms with Crippen LogP contribution in [0.2, 0.25) is 0 Å². The van der Waals surface area contributed by atoms with Crippen molar-refractivity contribution in [3.63, 3.8) is 0 Å². The lowest BCUT2D eigenvalue weighted by molar-refractivity contribution is 0.415. The molecule has 1 N–H and O–H groups in total. The first-order valence-corrected chi connectivity index (χ1v) is 7.14. The molecule has 0 unspecified atom stereocenters. The molecule has 0 fully saturated rings. The van der Waals surface area contributed by atoms with Gasteiger partial charge in [-0.1, -0.05) is 48.0 Å². The normalized spacial score (nSPS) is 10.5. The minimum absolute atomic E-state index is 0.237. The third-order valence-corrected chi connectivity index (χ3v) is 3.66. The maximum absolute atomic E-state index is 10.7. The average Bonchev–Trinajstić information content (AvgIpc) is 2.55. The number of aryl methyl sites for hydroxylation is 1. The molecule has 1 radical (unpaired) electrons. The van der Waals surface area contributed by atoms with Crippen LogP contribution in [0.1, 0.15) is 5.56 Å². The summed E-state index contributed by atoms with van der Waals surface area (Å²) in [6.45, 7) is 2.03. The Bertz CT molecular complexity index is 806. The Morgan fingerprint density at radius 1 is 0.955 bits per heavy atom. The van der Waals surface area contributed by atoms with Crippen molar-refractivity contribution in [2.24, 2.45) is 0 Å². The molecular formula is C20H17O2. The molecular weight excluding hydrogens is 272 g/mol. The predicted octanol–water partition coefficient (Wildman–Crippen LogP) is 4.84. The first-order valence-electron chi connectivity index (χ1n) is 7.14. The van der Waals surface area contributed by atoms with E-state index in [0.29, 0.717) is 5.56 Å². The molecule has 3 aromatic rings. The van der Waals surface area contributed by atoms with Gasteiger partial charge in [-0.25, -0.2) is 0 Å². The summed E-state index contributed by atoms with van der Waals surface area (Å²) in [5, 5.41) is 10.7. The maximum Gasteiger partial charge on any atom is 0.131 e. The van der Waals surface area contributed by atoms with Gasteiger partial charge in [0.25, 0.3) is 0 Å². The Morgan fingerprint density at radius 3 is 2.50 bits per heavy atom. The maximum atomic E-state index is 10.7. The first kappa shape index (κ1) is 14.2. The number of ether oxygens (including phenoxy) is 1. The van der Waals surface area contributed by atoms with E-state index in [1.165, 1.54) is 0 Å². The van der Waals surface area contributed by atoms with Gasteiger partial charge < -0.3 is 9.84 Å². The molecule has 0 saturated heterocycles. The number of phenols is 1. The number of benzene rings is 3. The number of phenolic OH excluding ortho intramolecular Hbond substituents is 1. The lowest BCUT2D eigenvalue weighted by Crippen LogP contribution is -1.87. The molecule has 0 heterocycles. The van der Waals surface area contributed by atoms with Gasteiger partial charge in [0.15, 0.2) is 0 Å². The van der Waals surface area contributed by atoms with Crippen molar-refractivity contribution in [3.8, 4) is 33.8 Å². The summed E-state index contributed by atoms with van der Waals surface area (Å²) in [6, 6.07) is 22.5. The molecule has 0 atom stereocenters. The van der Waals surface area contributed by atoms with E-state index in [-0.39, 0.29) is 5.75 Å². The van der Waals surface area contributed by atoms with Crippen molar-refractivity contribution in [2.75, 3.05) is 7.11 Å². The van der Waals surface area contributed by atoms with Crippen molar-refractivity contribution < 1.29 is 9.84 Å². The molecule has 0 saturated carbocycles. The monoisotopic (exact) mass is 289 g/mol. The van der Waals surface area contributed by atoms with E-state index < -0.39 is 0 Å². The van der Waals surface area contributed by atoms with Crippen LogP contribution in [0.15, 0.2) is 60.7 Å². The van der Waals surface area contributed by atoms with Gasteiger partial charge in [0.2, 0.25) is 0 Å². The fraction of sp³-hybridized carbons (Fsp3) is 0.100. The van der Waals surface area contributed by atoms with Crippen LogP contribution in [0.4, 0.5) is 0 Å². The second-order valence-corrected chi connectivity index (χ2v) is 5.22. The highest BCUT2D eigenvalue weighted by molar-refractivity contribution is 5.82. The number of methoxy groups -OCH3 is 1. The highest BCUT2D eigenvalue weighted by Gasteiger charge is 2.11. The van der Waals surface area contributed by atoms with Crippen LogP contribution in [0, 0.1) is 13.0 Å². The van der Waals surface area contributed by atoms with E-state index >= 15 is 0 Å². The predicted molar refractivity (Wildman–Crippen MR) is 89.1 cm³/mol. The molecule has 2 heteroatoms. The summed E-state index contributed by atoms with van der Waals surface area (Å²) >= 11 is 0. The first-order chi connectivity index (χ1) is 10.7. The zero-order valence-electron chi connectivity index (χ0n) is 12.6. The van der Waals surface area contributed by atoms with E-state index in [2.05, 4.69) is 6.07 Å². The Kier molecular flexibility index (Phi) is 3.84. The van der Waals surface area contributed by atoms with E-state index in [1.54, 1.807) is 7.11 Å². The molecule has 0 spiro atoms. The van der Waals surface area contributed by atoms with Gasteiger partial charge >= 0.3 is 0 Å². The summed E-state index contributed by atoms with van der Waals surface area (Å²) in [5.74, 6) is 1.00. The molecule has 0 aliphatic rings. The number of hydrogen-bond donors (Lipinski definition) is 1. The molecule has 0 aliphatic carbocycles. The van der Waals surface area contributed by atoms with Crippen molar-refractivity contribution in [3.05, 3.63) is 72.3 Å². The van der Waals surface area contributed by atoms with E-state index in [4.69, 9.17) is 4.74 Å². The van der Waals surface area contributed by atoms with Crippen molar-refractivity contribution in [1.82, 2.24) is 0 Å². The number of aromatic hydroxyl groups is 1. The largest absolute Gasteiger partial charge is 0.507 e. The van der Waals surface area contributed by atoms with Gasteiger partial charge in [-0.05, 0) is 42.3 Å². The summed E-state index contributed by atoms with van der Waals surface area (Å²) in [7, 11) is 1.63. The van der Waals surface area contributed by atoms with Gasteiger partial charge in [0.1, 0.15) is 11.5 Å². The highest BCUT2D eigenvalue weighted by atomic mass is 16.5. The smallest absolute Gasteiger partial charge is 0.131 e. The van der Waals surface area contributed by atoms with Crippen molar-refractivity contribution in [1.29, 1.82) is 0 Å². The summed E-state index contributed by atoms with van der Waals surface area (Å²) in [6.07, 6.45) is 0. The van der Waals surface area contributed by atoms with Gasteiger partial charge in [0.05, 0.1) is 7.11 Å². The molecule has 0 bridgehead atoms. The molecule has 0 aromatic heterocycles. The zero-order chi connectivity index (χ0) is 15.5. The standard InChI is InChI=1S/C20H17O2/c1-14-6-3-7-15(12-14)18-10-5-11-19(20(18)21)16-8-4-9-17(13-16)22-2/h3-9,11-13,21H,1-2H3. The number of rotatable bonds is 3. The highest BCUT2D eigenvalue weighted by Crippen LogP contribution is 2.38. The van der Waals surface area contributed by atoms with Gasteiger partial charge in [-0.3, -0.25) is 0 Å². The molecule has 3 aromatic carbocycles. The molecule has 0 aliphatic heterocycles. The second kappa shape index (κ2) is 5.94. The topological polar surface area (TPSA) is 29.5 Å². The van der Waals surface area contributed by atoms with Crippen molar-refractivity contribution >= 4 is 0 Å². The Balaban J connectivity index is 2.13. The van der Waals surface area contributed by atoms with Gasteiger partial charge in [-0.2, -0.15) is 0 Å². The minimum atomic E-state index is 0.237. The van der Waals surface area contributed by atoms with Crippen molar-refractivity contribution in [2.45, 2.75) is 6.92 Å². The van der Waals surface area contributed by atoms with Crippen LogP contribution in [-0.2, 0) is 0 Å². The van der Waals surface area contributed by atoms with Crippen LogP contribution in [0.25, 0.3) is 22.3 Å².